The van der Waals surface area contributed by atoms with E-state index in [4.69, 9.17) is 21.1 Å². The number of unbranched alkanes of at least 4 members (excludes halogenated alkanes) is 1. The number of nitrogens with one attached hydrogen (secondary N) is 1. The summed E-state index contributed by atoms with van der Waals surface area (Å²) in [5, 5.41) is 12.6. The number of nitrogens with zero attached hydrogens (tertiary/aromatic N) is 1. The van der Waals surface area contributed by atoms with Crippen LogP contribution < -0.4 is 14.8 Å². The second-order valence-corrected chi connectivity index (χ2v) is 7.78. The van der Waals surface area contributed by atoms with E-state index in [9.17, 15) is 14.9 Å². The normalized spacial score (nSPS) is 11.9. The Morgan fingerprint density at radius 2 is 1.78 bits per heavy atom. The lowest BCUT2D eigenvalue weighted by Crippen LogP contribution is -2.28. The van der Waals surface area contributed by atoms with Crippen molar-refractivity contribution in [2.24, 2.45) is 0 Å². The summed E-state index contributed by atoms with van der Waals surface area (Å²) >= 11 is 6.16. The molecule has 6 nitrogen and oxygen atoms in total. The lowest BCUT2D eigenvalue weighted by atomic mass is 10.1. The van der Waals surface area contributed by atoms with Gasteiger partial charge < -0.3 is 14.8 Å². The van der Waals surface area contributed by atoms with Crippen molar-refractivity contribution < 1.29 is 19.1 Å². The SMILES string of the molecule is CCCCNC(=O)/C(C#N)=C/c1ccc(OC(=O)C(C)Oc2cc(C)c(Cl)c(C)c2)cc1. The van der Waals surface area contributed by atoms with Crippen LogP contribution in [0, 0.1) is 25.2 Å². The molecule has 0 aromatic heterocycles. The van der Waals surface area contributed by atoms with Gasteiger partial charge in [0.25, 0.3) is 5.91 Å². The van der Waals surface area contributed by atoms with Gasteiger partial charge in [-0.05, 0) is 74.2 Å². The van der Waals surface area contributed by atoms with Gasteiger partial charge in [-0.15, -0.1) is 0 Å². The summed E-state index contributed by atoms with van der Waals surface area (Å²) in [6.07, 6.45) is 2.47. The summed E-state index contributed by atoms with van der Waals surface area (Å²) in [5.41, 5.74) is 2.38. The van der Waals surface area contributed by atoms with Crippen molar-refractivity contribution in [1.82, 2.24) is 5.32 Å². The van der Waals surface area contributed by atoms with Gasteiger partial charge in [-0.25, -0.2) is 4.79 Å². The lowest BCUT2D eigenvalue weighted by molar-refractivity contribution is -0.141. The Bertz CT molecular complexity index is 1020. The average molecular weight is 455 g/mol. The number of rotatable bonds is 9. The van der Waals surface area contributed by atoms with Gasteiger partial charge in [-0.2, -0.15) is 5.26 Å². The van der Waals surface area contributed by atoms with Gasteiger partial charge in [0.1, 0.15) is 23.1 Å². The molecule has 0 spiro atoms. The van der Waals surface area contributed by atoms with Crippen LogP contribution in [0.1, 0.15) is 43.4 Å². The van der Waals surface area contributed by atoms with E-state index >= 15 is 0 Å². The number of aryl methyl sites for hydroxylation is 2. The molecule has 0 bridgehead atoms. The zero-order valence-electron chi connectivity index (χ0n) is 18.7. The molecule has 0 radical (unpaired) electrons. The van der Waals surface area contributed by atoms with E-state index in [2.05, 4.69) is 5.32 Å². The van der Waals surface area contributed by atoms with Crippen LogP contribution in [0.15, 0.2) is 42.0 Å². The molecule has 2 aromatic rings. The molecule has 0 fully saturated rings. The third kappa shape index (κ3) is 7.14. The molecular weight excluding hydrogens is 428 g/mol. The van der Waals surface area contributed by atoms with E-state index in [0.29, 0.717) is 28.6 Å². The molecule has 0 aliphatic carbocycles. The fraction of sp³-hybridized carbons (Fsp3) is 0.320. The number of esters is 1. The van der Waals surface area contributed by atoms with Gasteiger partial charge >= 0.3 is 5.97 Å². The first-order valence-electron chi connectivity index (χ1n) is 10.4. The number of amides is 1. The third-order valence-electron chi connectivity index (χ3n) is 4.65. The smallest absolute Gasteiger partial charge is 0.352 e. The van der Waals surface area contributed by atoms with Crippen LogP contribution in [-0.2, 0) is 9.59 Å². The van der Waals surface area contributed by atoms with Crippen molar-refractivity contribution in [3.8, 4) is 17.6 Å². The second kappa shape index (κ2) is 11.9. The topological polar surface area (TPSA) is 88.4 Å². The molecular formula is C25H27ClN2O4. The van der Waals surface area contributed by atoms with Gasteiger partial charge in [0, 0.05) is 11.6 Å². The molecule has 0 saturated carbocycles. The molecule has 1 unspecified atom stereocenters. The highest BCUT2D eigenvalue weighted by Gasteiger charge is 2.18. The summed E-state index contributed by atoms with van der Waals surface area (Å²) in [7, 11) is 0. The van der Waals surface area contributed by atoms with Crippen LogP contribution in [0.5, 0.6) is 11.5 Å². The van der Waals surface area contributed by atoms with Gasteiger partial charge in [-0.3, -0.25) is 4.79 Å². The molecule has 0 aliphatic heterocycles. The summed E-state index contributed by atoms with van der Waals surface area (Å²) in [6.45, 7) is 7.89. The van der Waals surface area contributed by atoms with E-state index in [1.165, 1.54) is 6.08 Å². The van der Waals surface area contributed by atoms with Crippen molar-refractivity contribution in [2.45, 2.75) is 46.6 Å². The Kier molecular flexibility index (Phi) is 9.30. The van der Waals surface area contributed by atoms with Gasteiger partial charge in [0.05, 0.1) is 0 Å². The molecule has 1 N–H and O–H groups in total. The monoisotopic (exact) mass is 454 g/mol. The Labute approximate surface area is 193 Å². The van der Waals surface area contributed by atoms with Crippen molar-refractivity contribution in [3.63, 3.8) is 0 Å². The predicted octanol–water partition coefficient (Wildman–Crippen LogP) is 5.15. The quantitative estimate of drug-likeness (QED) is 0.186. The minimum Gasteiger partial charge on any atom is -0.479 e. The Hall–Kier alpha value is -3.30. The number of carbonyl (C=O) groups is 2. The first-order chi connectivity index (χ1) is 15.2. The molecule has 0 aliphatic rings. The van der Waals surface area contributed by atoms with Crippen LogP contribution in [0.2, 0.25) is 5.02 Å². The second-order valence-electron chi connectivity index (χ2n) is 7.40. The zero-order valence-corrected chi connectivity index (χ0v) is 19.5. The van der Waals surface area contributed by atoms with E-state index in [1.807, 2.05) is 26.8 Å². The van der Waals surface area contributed by atoms with Gasteiger partial charge in [0.15, 0.2) is 6.10 Å². The molecule has 7 heteroatoms. The Morgan fingerprint density at radius 1 is 1.16 bits per heavy atom. The van der Waals surface area contributed by atoms with Crippen LogP contribution in [0.25, 0.3) is 6.08 Å². The minimum absolute atomic E-state index is 0.0152. The largest absolute Gasteiger partial charge is 0.479 e. The van der Waals surface area contributed by atoms with Crippen LogP contribution in [0.4, 0.5) is 0 Å². The van der Waals surface area contributed by atoms with Gasteiger partial charge in [0.2, 0.25) is 0 Å². The standard InChI is InChI=1S/C25H27ClN2O4/c1-5-6-11-28-24(29)20(15-27)14-19-7-9-21(10-8-19)32-25(30)18(4)31-22-12-16(2)23(26)17(3)13-22/h7-10,12-14,18H,5-6,11H2,1-4H3,(H,28,29)/b20-14+. The molecule has 2 rings (SSSR count). The number of ether oxygens (including phenoxy) is 2. The Morgan fingerprint density at radius 3 is 2.34 bits per heavy atom. The molecule has 2 aromatic carbocycles. The molecule has 32 heavy (non-hydrogen) atoms. The summed E-state index contributed by atoms with van der Waals surface area (Å²) in [6, 6.07) is 12.0. The highest BCUT2D eigenvalue weighted by atomic mass is 35.5. The van der Waals surface area contributed by atoms with Crippen molar-refractivity contribution in [3.05, 3.63) is 63.7 Å². The number of carbonyl (C=O) groups excluding carboxylic acids is 2. The van der Waals surface area contributed by atoms with Crippen molar-refractivity contribution >= 4 is 29.6 Å². The van der Waals surface area contributed by atoms with Crippen molar-refractivity contribution in [1.29, 1.82) is 5.26 Å². The highest BCUT2D eigenvalue weighted by Crippen LogP contribution is 2.26. The summed E-state index contributed by atoms with van der Waals surface area (Å²) in [5.74, 6) is -0.0887. The number of hydrogen-bond donors (Lipinski definition) is 1. The van der Waals surface area contributed by atoms with E-state index < -0.39 is 18.0 Å². The molecule has 0 saturated heterocycles. The Balaban J connectivity index is 2.00. The maximum atomic E-state index is 12.4. The van der Waals surface area contributed by atoms with Crippen LogP contribution in [0.3, 0.4) is 0 Å². The fourth-order valence-corrected chi connectivity index (χ4v) is 2.96. The maximum Gasteiger partial charge on any atom is 0.352 e. The zero-order chi connectivity index (χ0) is 23.7. The highest BCUT2D eigenvalue weighted by molar-refractivity contribution is 6.32. The number of hydrogen-bond acceptors (Lipinski definition) is 5. The predicted molar refractivity (Wildman–Crippen MR) is 125 cm³/mol. The average Bonchev–Trinajstić information content (AvgIpc) is 2.76. The van der Waals surface area contributed by atoms with Crippen LogP contribution >= 0.6 is 11.6 Å². The lowest BCUT2D eigenvalue weighted by Gasteiger charge is -2.15. The third-order valence-corrected chi connectivity index (χ3v) is 5.24. The first-order valence-corrected chi connectivity index (χ1v) is 10.8. The molecule has 0 heterocycles. The van der Waals surface area contributed by atoms with Crippen molar-refractivity contribution in [2.75, 3.05) is 6.54 Å². The molecule has 1 atom stereocenters. The fourth-order valence-electron chi connectivity index (χ4n) is 2.85. The van der Waals surface area contributed by atoms with Crippen LogP contribution in [-0.4, -0.2) is 24.5 Å². The summed E-state index contributed by atoms with van der Waals surface area (Å²) < 4.78 is 11.1. The van der Waals surface area contributed by atoms with E-state index in [-0.39, 0.29) is 5.57 Å². The summed E-state index contributed by atoms with van der Waals surface area (Å²) in [4.78, 5) is 24.5. The first kappa shape index (κ1) is 25.0. The van der Waals surface area contributed by atoms with Gasteiger partial charge in [-0.1, -0.05) is 37.1 Å². The number of benzene rings is 2. The van der Waals surface area contributed by atoms with E-state index in [1.54, 1.807) is 43.3 Å². The van der Waals surface area contributed by atoms with E-state index in [0.717, 1.165) is 24.0 Å². The molecule has 1 amide bonds. The number of nitriles is 1. The maximum absolute atomic E-state index is 12.4. The number of halogens is 1. The molecule has 168 valence electrons. The minimum atomic E-state index is -0.827.